The van der Waals surface area contributed by atoms with Crippen LogP contribution in [0.2, 0.25) is 0 Å². The molecule has 0 atom stereocenters. The van der Waals surface area contributed by atoms with Gasteiger partial charge >= 0.3 is 11.9 Å². The van der Waals surface area contributed by atoms with Crippen molar-refractivity contribution >= 4 is 11.9 Å². The summed E-state index contributed by atoms with van der Waals surface area (Å²) in [5.74, 6) is 0.170. The minimum atomic E-state index is -0.876. The van der Waals surface area contributed by atoms with Crippen LogP contribution in [0.15, 0.2) is 0 Å². The zero-order valence-electron chi connectivity index (χ0n) is 16.2. The minimum Gasteiger partial charge on any atom is -0.475 e. The normalized spacial score (nSPS) is 10.4. The molecule has 2 heterocycles. The largest absolute Gasteiger partial charge is 0.475 e. The topological polar surface area (TPSA) is 92.2 Å². The van der Waals surface area contributed by atoms with Crippen molar-refractivity contribution in [1.29, 1.82) is 0 Å². The fourth-order valence-electron chi connectivity index (χ4n) is 2.93. The van der Waals surface area contributed by atoms with Gasteiger partial charge < -0.3 is 10.2 Å². The van der Waals surface area contributed by atoms with Gasteiger partial charge in [-0.3, -0.25) is 0 Å². The van der Waals surface area contributed by atoms with Crippen molar-refractivity contribution in [1.82, 2.24) is 9.13 Å². The molecule has 0 fully saturated rings. The summed E-state index contributed by atoms with van der Waals surface area (Å²) >= 11 is 0. The molecule has 0 saturated carbocycles. The molecular formula is C17H28N4O4+2. The van der Waals surface area contributed by atoms with Gasteiger partial charge in [0.1, 0.15) is 0 Å². The zero-order chi connectivity index (χ0) is 19.6. The monoisotopic (exact) mass is 352 g/mol. The number of carboxylic acid groups (broad SMARTS) is 2. The summed E-state index contributed by atoms with van der Waals surface area (Å²) in [6.07, 6.45) is 0. The fourth-order valence-corrected chi connectivity index (χ4v) is 2.93. The van der Waals surface area contributed by atoms with Crippen LogP contribution in [0.5, 0.6) is 0 Å². The van der Waals surface area contributed by atoms with E-state index in [1.165, 1.54) is 0 Å². The Hall–Kier alpha value is -2.64. The molecule has 0 aliphatic heterocycles. The average Bonchev–Trinajstić information content (AvgIpc) is 2.87. The number of carbonyl (C=O) groups is 2. The number of nitrogens with zero attached hydrogens (tertiary/aromatic N) is 4. The van der Waals surface area contributed by atoms with Crippen LogP contribution in [-0.4, -0.2) is 31.3 Å². The van der Waals surface area contributed by atoms with Crippen LogP contribution in [0.1, 0.15) is 50.9 Å². The first-order chi connectivity index (χ1) is 11.5. The molecule has 0 radical (unpaired) electrons. The van der Waals surface area contributed by atoms with Crippen LogP contribution in [0.25, 0.3) is 0 Å². The quantitative estimate of drug-likeness (QED) is 0.800. The lowest BCUT2D eigenvalue weighted by Gasteiger charge is -1.94. The summed E-state index contributed by atoms with van der Waals surface area (Å²) in [5, 5.41) is 17.8. The lowest BCUT2D eigenvalue weighted by molar-refractivity contribution is -0.701. The number of rotatable bonds is 3. The van der Waals surface area contributed by atoms with Gasteiger partial charge in [-0.15, -0.1) is 0 Å². The predicted octanol–water partition coefficient (Wildman–Crippen LogP) is 0.812. The van der Waals surface area contributed by atoms with E-state index in [2.05, 4.69) is 0 Å². The number of imidazole rings is 2. The Morgan fingerprint density at radius 2 is 1.28 bits per heavy atom. The molecule has 2 rings (SSSR count). The van der Waals surface area contributed by atoms with E-state index in [1.54, 1.807) is 23.1 Å². The summed E-state index contributed by atoms with van der Waals surface area (Å²) in [4.78, 5) is 21.7. The number of aromatic carboxylic acids is 2. The lowest BCUT2D eigenvalue weighted by Crippen LogP contribution is -2.40. The Kier molecular flexibility index (Phi) is 6.12. The number of carboxylic acids is 2. The highest BCUT2D eigenvalue weighted by atomic mass is 16.4. The van der Waals surface area contributed by atoms with E-state index < -0.39 is 11.9 Å². The molecule has 8 nitrogen and oxygen atoms in total. The van der Waals surface area contributed by atoms with Crippen LogP contribution in [0.3, 0.4) is 0 Å². The highest BCUT2D eigenvalue weighted by molar-refractivity contribution is 5.85. The Balaban J connectivity index is 0.000000251. The maximum absolute atomic E-state index is 10.9. The van der Waals surface area contributed by atoms with Crippen molar-refractivity contribution in [2.24, 2.45) is 21.1 Å². The summed E-state index contributed by atoms with van der Waals surface area (Å²) in [7, 11) is 5.49. The first kappa shape index (κ1) is 20.4. The van der Waals surface area contributed by atoms with E-state index in [1.807, 2.05) is 50.9 Å². The molecule has 2 aromatic heterocycles. The number of aromatic nitrogens is 4. The molecule has 0 unspecified atom stereocenters. The molecule has 0 saturated heterocycles. The van der Waals surface area contributed by atoms with E-state index in [0.29, 0.717) is 17.9 Å². The second-order valence-electron chi connectivity index (χ2n) is 5.99. The lowest BCUT2D eigenvalue weighted by atomic mass is 10.3. The van der Waals surface area contributed by atoms with E-state index in [4.69, 9.17) is 10.2 Å². The van der Waals surface area contributed by atoms with Gasteiger partial charge in [0.2, 0.25) is 0 Å². The zero-order valence-corrected chi connectivity index (χ0v) is 16.2. The van der Waals surface area contributed by atoms with Crippen LogP contribution in [-0.2, 0) is 27.7 Å². The molecule has 0 spiro atoms. The number of hydrogen-bond donors (Lipinski definition) is 2. The highest BCUT2D eigenvalue weighted by Gasteiger charge is 2.27. The standard InChI is InChI=1S/C9H14N2O2.C8H12N2O2/c1-5-11-7(3)10(4)6(2)8(11)9(12)13;1-5-7(8(11)12)10(4)6(2)9(5)3/h5H2,1-4H3;1-4H3/p+2. The third kappa shape index (κ3) is 3.57. The smallest absolute Gasteiger partial charge is 0.380 e. The van der Waals surface area contributed by atoms with Gasteiger partial charge in [0.05, 0.1) is 27.7 Å². The third-order valence-electron chi connectivity index (χ3n) is 4.87. The first-order valence-electron chi connectivity index (χ1n) is 8.01. The minimum absolute atomic E-state index is 0.356. The molecule has 25 heavy (non-hydrogen) atoms. The van der Waals surface area contributed by atoms with Gasteiger partial charge in [0.15, 0.2) is 11.4 Å². The van der Waals surface area contributed by atoms with Crippen molar-refractivity contribution in [3.63, 3.8) is 0 Å². The summed E-state index contributed by atoms with van der Waals surface area (Å²) in [6, 6.07) is 0. The van der Waals surface area contributed by atoms with Crippen molar-refractivity contribution in [3.8, 4) is 0 Å². The van der Waals surface area contributed by atoms with Gasteiger partial charge in [0, 0.05) is 27.7 Å². The molecule has 138 valence electrons. The van der Waals surface area contributed by atoms with E-state index in [-0.39, 0.29) is 0 Å². The second kappa shape index (κ2) is 7.50. The van der Waals surface area contributed by atoms with E-state index in [9.17, 15) is 9.59 Å². The van der Waals surface area contributed by atoms with Crippen molar-refractivity contribution < 1.29 is 28.9 Å². The van der Waals surface area contributed by atoms with E-state index >= 15 is 0 Å². The van der Waals surface area contributed by atoms with Crippen LogP contribution in [0, 0.1) is 27.7 Å². The Bertz CT molecular complexity index is 805. The molecule has 2 aromatic rings. The van der Waals surface area contributed by atoms with Crippen LogP contribution < -0.4 is 9.13 Å². The maximum Gasteiger partial charge on any atom is 0.380 e. The van der Waals surface area contributed by atoms with E-state index in [0.717, 1.165) is 23.0 Å². The summed E-state index contributed by atoms with van der Waals surface area (Å²) in [5.41, 5.74) is 2.33. The van der Waals surface area contributed by atoms with Gasteiger partial charge in [-0.1, -0.05) is 0 Å². The molecular weight excluding hydrogens is 324 g/mol. The Labute approximate surface area is 147 Å². The Morgan fingerprint density at radius 1 is 0.880 bits per heavy atom. The van der Waals surface area contributed by atoms with Crippen molar-refractivity contribution in [3.05, 3.63) is 34.4 Å². The SMILES string of the molecule is CC[n+]1c(C(=O)O)c(C)n(C)c1C.Cc1c(C(=O)O)[n+](C)c(C)n1C. The van der Waals surface area contributed by atoms with Gasteiger partial charge in [-0.25, -0.2) is 27.9 Å². The molecule has 8 heteroatoms. The highest BCUT2D eigenvalue weighted by Crippen LogP contribution is 2.06. The van der Waals surface area contributed by atoms with Crippen LogP contribution in [0.4, 0.5) is 0 Å². The van der Waals surface area contributed by atoms with Gasteiger partial charge in [0.25, 0.3) is 23.0 Å². The third-order valence-corrected chi connectivity index (χ3v) is 4.87. The van der Waals surface area contributed by atoms with Crippen molar-refractivity contribution in [2.75, 3.05) is 0 Å². The second-order valence-corrected chi connectivity index (χ2v) is 5.99. The van der Waals surface area contributed by atoms with Gasteiger partial charge in [-0.05, 0) is 6.92 Å². The first-order valence-corrected chi connectivity index (χ1v) is 8.01. The molecule has 0 aliphatic rings. The molecule has 0 aliphatic carbocycles. The van der Waals surface area contributed by atoms with Crippen molar-refractivity contribution in [2.45, 2.75) is 41.2 Å². The van der Waals surface area contributed by atoms with Crippen LogP contribution >= 0.6 is 0 Å². The summed E-state index contributed by atoms with van der Waals surface area (Å²) < 4.78 is 7.24. The fraction of sp³-hybridized carbons (Fsp3) is 0.529. The average molecular weight is 352 g/mol. The predicted molar refractivity (Wildman–Crippen MR) is 90.7 cm³/mol. The summed E-state index contributed by atoms with van der Waals surface area (Å²) in [6.45, 7) is 10.1. The molecule has 2 N–H and O–H groups in total. The Morgan fingerprint density at radius 3 is 1.52 bits per heavy atom. The number of hydrogen-bond acceptors (Lipinski definition) is 2. The van der Waals surface area contributed by atoms with Gasteiger partial charge in [-0.2, -0.15) is 0 Å². The molecule has 0 bridgehead atoms. The molecule has 0 amide bonds. The maximum atomic E-state index is 10.9. The molecule has 0 aromatic carbocycles.